The van der Waals surface area contributed by atoms with Gasteiger partial charge in [0.2, 0.25) is 0 Å². The van der Waals surface area contributed by atoms with Gasteiger partial charge in [0.15, 0.2) is 0 Å². The predicted molar refractivity (Wildman–Crippen MR) is 134 cm³/mol. The van der Waals surface area contributed by atoms with Crippen molar-refractivity contribution >= 4 is 63.4 Å². The third-order valence-corrected chi connectivity index (χ3v) is 5.81. The molecule has 0 spiro atoms. The number of carbonyl (C=O) groups excluding carboxylic acids is 2. The number of hydrogen-bond donors (Lipinski definition) is 2. The van der Waals surface area contributed by atoms with E-state index in [1.165, 1.54) is 7.11 Å². The molecule has 4 rings (SSSR count). The number of esters is 1. The van der Waals surface area contributed by atoms with Crippen molar-refractivity contribution < 1.29 is 14.3 Å². The van der Waals surface area contributed by atoms with Crippen LogP contribution >= 0.6 is 23.2 Å². The smallest absolute Gasteiger partial charge is 0.337 e. The normalized spacial score (nSPS) is 13.8. The van der Waals surface area contributed by atoms with Gasteiger partial charge in [0.1, 0.15) is 0 Å². The van der Waals surface area contributed by atoms with Crippen molar-refractivity contribution in [2.75, 3.05) is 36.7 Å². The molecule has 0 saturated carbocycles. The van der Waals surface area contributed by atoms with E-state index in [-0.39, 0.29) is 5.91 Å². The maximum Gasteiger partial charge on any atom is 0.337 e. The Hall–Kier alpha value is -3.48. The molecule has 0 radical (unpaired) electrons. The van der Waals surface area contributed by atoms with Crippen LogP contribution in [0.25, 0.3) is 11.3 Å². The average Bonchev–Trinajstić information content (AvgIpc) is 3.11. The molecule has 0 bridgehead atoms. The molecule has 0 saturated heterocycles. The van der Waals surface area contributed by atoms with Crippen LogP contribution in [0.2, 0.25) is 10.0 Å². The molecule has 1 aliphatic heterocycles. The second-order valence-electron chi connectivity index (χ2n) is 7.63. The molecule has 0 aromatic heterocycles. The molecular weight excluding hydrogens is 461 g/mol. The zero-order chi connectivity index (χ0) is 23.7. The van der Waals surface area contributed by atoms with Crippen LogP contribution in [0.3, 0.4) is 0 Å². The van der Waals surface area contributed by atoms with Crippen molar-refractivity contribution in [1.29, 1.82) is 0 Å². The molecule has 33 heavy (non-hydrogen) atoms. The fourth-order valence-corrected chi connectivity index (χ4v) is 4.58. The van der Waals surface area contributed by atoms with Crippen molar-refractivity contribution in [1.82, 2.24) is 0 Å². The number of nitrogens with one attached hydrogen (secondary N) is 2. The van der Waals surface area contributed by atoms with Crippen molar-refractivity contribution in [3.8, 4) is 0 Å². The molecule has 0 fully saturated rings. The van der Waals surface area contributed by atoms with Crippen LogP contribution in [0, 0.1) is 0 Å². The highest BCUT2D eigenvalue weighted by Gasteiger charge is 2.29. The molecule has 1 amide bonds. The summed E-state index contributed by atoms with van der Waals surface area (Å²) in [5.41, 5.74) is 4.72. The summed E-state index contributed by atoms with van der Waals surface area (Å²) in [6.07, 6.45) is 0. The van der Waals surface area contributed by atoms with Gasteiger partial charge in [-0.2, -0.15) is 0 Å². The number of nitrogens with zero attached hydrogens (tertiary/aromatic N) is 1. The molecule has 1 aliphatic rings. The van der Waals surface area contributed by atoms with E-state index in [9.17, 15) is 9.59 Å². The first-order valence-corrected chi connectivity index (χ1v) is 10.8. The van der Waals surface area contributed by atoms with Gasteiger partial charge in [-0.15, -0.1) is 0 Å². The lowest BCUT2D eigenvalue weighted by molar-refractivity contribution is -0.110. The highest BCUT2D eigenvalue weighted by atomic mass is 35.5. The number of fused-ring (bicyclic) bond motifs is 1. The molecule has 6 nitrogen and oxygen atoms in total. The Labute approximate surface area is 201 Å². The predicted octanol–water partition coefficient (Wildman–Crippen LogP) is 5.78. The second kappa shape index (κ2) is 9.17. The molecule has 2 N–H and O–H groups in total. The number of anilines is 3. The maximum absolute atomic E-state index is 13.1. The minimum absolute atomic E-state index is 0.291. The Kier molecular flexibility index (Phi) is 6.31. The SMILES string of the molecule is COC(=O)c1ccc2c(c1)NC(=O)/C2=C(\Nc1cc(Cl)c(N(C)C)c(Cl)c1)c1ccccc1. The maximum atomic E-state index is 13.1. The topological polar surface area (TPSA) is 70.7 Å². The highest BCUT2D eigenvalue weighted by molar-refractivity contribution is 6.40. The molecule has 0 aliphatic carbocycles. The van der Waals surface area contributed by atoms with E-state index in [4.69, 9.17) is 27.9 Å². The number of ether oxygens (including phenoxy) is 1. The van der Waals surface area contributed by atoms with Gasteiger partial charge in [0, 0.05) is 25.3 Å². The minimum atomic E-state index is -0.476. The van der Waals surface area contributed by atoms with Gasteiger partial charge in [-0.1, -0.05) is 59.6 Å². The van der Waals surface area contributed by atoms with E-state index < -0.39 is 5.97 Å². The lowest BCUT2D eigenvalue weighted by Crippen LogP contribution is -2.12. The van der Waals surface area contributed by atoms with Crippen molar-refractivity contribution in [3.05, 3.63) is 87.4 Å². The van der Waals surface area contributed by atoms with Crippen LogP contribution < -0.4 is 15.5 Å². The molecule has 3 aromatic carbocycles. The van der Waals surface area contributed by atoms with Crippen LogP contribution in [0.4, 0.5) is 17.1 Å². The fraction of sp³-hybridized carbons (Fsp3) is 0.120. The van der Waals surface area contributed by atoms with E-state index in [1.807, 2.05) is 49.3 Å². The first kappa shape index (κ1) is 22.7. The van der Waals surface area contributed by atoms with Crippen LogP contribution in [0.5, 0.6) is 0 Å². The third kappa shape index (κ3) is 4.40. The summed E-state index contributed by atoms with van der Waals surface area (Å²) in [7, 11) is 5.04. The van der Waals surface area contributed by atoms with Crippen molar-refractivity contribution in [2.24, 2.45) is 0 Å². The van der Waals surface area contributed by atoms with E-state index in [2.05, 4.69) is 10.6 Å². The van der Waals surface area contributed by atoms with Crippen LogP contribution in [-0.2, 0) is 9.53 Å². The standard InChI is InChI=1S/C25H21Cl2N3O3/c1-30(2)23-18(26)12-16(13-19(23)27)28-22(14-7-5-4-6-8-14)21-17-10-9-15(25(32)33-3)11-20(17)29-24(21)31/h4-13,28H,1-3H3,(H,29,31)/b22-21-. The Balaban J connectivity index is 1.87. The monoisotopic (exact) mass is 481 g/mol. The Morgan fingerprint density at radius 3 is 2.24 bits per heavy atom. The Morgan fingerprint density at radius 1 is 0.970 bits per heavy atom. The number of hydrogen-bond acceptors (Lipinski definition) is 5. The Bertz CT molecular complexity index is 1260. The van der Waals surface area contributed by atoms with Crippen LogP contribution in [-0.4, -0.2) is 33.1 Å². The van der Waals surface area contributed by atoms with Crippen LogP contribution in [0.15, 0.2) is 60.7 Å². The first-order valence-electron chi connectivity index (χ1n) is 10.1. The van der Waals surface area contributed by atoms with E-state index >= 15 is 0 Å². The van der Waals surface area contributed by atoms with E-state index in [0.717, 1.165) is 5.56 Å². The second-order valence-corrected chi connectivity index (χ2v) is 8.44. The first-order chi connectivity index (χ1) is 15.8. The number of halogens is 2. The largest absolute Gasteiger partial charge is 0.465 e. The third-order valence-electron chi connectivity index (χ3n) is 5.23. The molecular formula is C25H21Cl2N3O3. The lowest BCUT2D eigenvalue weighted by Gasteiger charge is -2.19. The summed E-state index contributed by atoms with van der Waals surface area (Å²) in [6, 6.07) is 18.0. The Morgan fingerprint density at radius 2 is 1.64 bits per heavy atom. The van der Waals surface area contributed by atoms with Crippen LogP contribution in [0.1, 0.15) is 21.5 Å². The molecule has 0 unspecified atom stereocenters. The van der Waals surface area contributed by atoms with Gasteiger partial charge in [0.25, 0.3) is 5.91 Å². The minimum Gasteiger partial charge on any atom is -0.465 e. The summed E-state index contributed by atoms with van der Waals surface area (Å²) >= 11 is 13.0. The molecule has 3 aromatic rings. The lowest BCUT2D eigenvalue weighted by atomic mass is 9.99. The fourth-order valence-electron chi connectivity index (χ4n) is 3.76. The summed E-state index contributed by atoms with van der Waals surface area (Å²) in [5.74, 6) is -0.767. The molecule has 168 valence electrons. The summed E-state index contributed by atoms with van der Waals surface area (Å²) in [4.78, 5) is 26.8. The molecule has 8 heteroatoms. The van der Waals surface area contributed by atoms with E-state index in [0.29, 0.717) is 49.5 Å². The number of methoxy groups -OCH3 is 1. The molecule has 0 atom stereocenters. The van der Waals surface area contributed by atoms with Crippen molar-refractivity contribution in [2.45, 2.75) is 0 Å². The van der Waals surface area contributed by atoms with Gasteiger partial charge in [-0.3, -0.25) is 4.79 Å². The van der Waals surface area contributed by atoms with Gasteiger partial charge in [0.05, 0.1) is 45.4 Å². The zero-order valence-corrected chi connectivity index (χ0v) is 19.7. The van der Waals surface area contributed by atoms with Crippen molar-refractivity contribution in [3.63, 3.8) is 0 Å². The van der Waals surface area contributed by atoms with Gasteiger partial charge >= 0.3 is 5.97 Å². The van der Waals surface area contributed by atoms with Gasteiger partial charge in [-0.25, -0.2) is 4.79 Å². The number of rotatable bonds is 5. The summed E-state index contributed by atoms with van der Waals surface area (Å²) in [5, 5.41) is 7.15. The summed E-state index contributed by atoms with van der Waals surface area (Å²) < 4.78 is 4.79. The van der Waals surface area contributed by atoms with Gasteiger partial charge in [-0.05, 0) is 29.8 Å². The molecule has 1 heterocycles. The zero-order valence-electron chi connectivity index (χ0n) is 18.2. The summed E-state index contributed by atoms with van der Waals surface area (Å²) in [6.45, 7) is 0. The number of carbonyl (C=O) groups is 2. The quantitative estimate of drug-likeness (QED) is 0.357. The number of benzene rings is 3. The van der Waals surface area contributed by atoms with E-state index in [1.54, 1.807) is 30.3 Å². The average molecular weight is 482 g/mol. The highest BCUT2D eigenvalue weighted by Crippen LogP contribution is 2.40. The number of amides is 1. The van der Waals surface area contributed by atoms with Gasteiger partial charge < -0.3 is 20.3 Å².